The second kappa shape index (κ2) is 7.25. The van der Waals surface area contributed by atoms with Gasteiger partial charge in [-0.05, 0) is 24.6 Å². The summed E-state index contributed by atoms with van der Waals surface area (Å²) in [5, 5.41) is 0. The van der Waals surface area contributed by atoms with Gasteiger partial charge in [-0.1, -0.05) is 25.1 Å². The van der Waals surface area contributed by atoms with E-state index in [1.54, 1.807) is 19.1 Å². The number of pyridine rings is 1. The molecular weight excluding hydrogens is 318 g/mol. The van der Waals surface area contributed by atoms with E-state index in [-0.39, 0.29) is 0 Å². The fraction of sp³-hybridized carbons (Fsp3) is 0.263. The molecule has 0 saturated carbocycles. The molecule has 1 aromatic carbocycles. The Bertz CT molecular complexity index is 889. The third-order valence-electron chi connectivity index (χ3n) is 4.13. The molecule has 0 aliphatic rings. The summed E-state index contributed by atoms with van der Waals surface area (Å²) in [4.78, 5) is 18.2. The number of nitrogens with zero attached hydrogens (tertiary/aromatic N) is 3. The highest BCUT2D eigenvalue weighted by molar-refractivity contribution is 5.77. The van der Waals surface area contributed by atoms with Gasteiger partial charge in [0.15, 0.2) is 11.5 Å². The molecule has 25 heavy (non-hydrogen) atoms. The lowest BCUT2D eigenvalue weighted by atomic mass is 10.1. The molecule has 6 nitrogen and oxygen atoms in total. The first kappa shape index (κ1) is 16.8. The molecule has 1 amide bonds. The monoisotopic (exact) mass is 339 g/mol. The number of aryl methyl sites for hydroxylation is 1. The molecule has 0 aliphatic heterocycles. The van der Waals surface area contributed by atoms with Crippen LogP contribution in [0, 0.1) is 0 Å². The molecule has 2 aromatic heterocycles. The summed E-state index contributed by atoms with van der Waals surface area (Å²) < 4.78 is 12.8. The van der Waals surface area contributed by atoms with Crippen LogP contribution in [0.5, 0.6) is 11.5 Å². The van der Waals surface area contributed by atoms with Crippen LogP contribution in [0.2, 0.25) is 0 Å². The quantitative estimate of drug-likeness (QED) is 0.621. The van der Waals surface area contributed by atoms with Crippen molar-refractivity contribution >= 4 is 17.9 Å². The lowest BCUT2D eigenvalue weighted by Gasteiger charge is -2.20. The van der Waals surface area contributed by atoms with Gasteiger partial charge in [0.2, 0.25) is 6.41 Å². The summed E-state index contributed by atoms with van der Waals surface area (Å²) in [5.41, 5.74) is 2.56. The number of aromatic nitrogens is 2. The predicted octanol–water partition coefficient (Wildman–Crippen LogP) is 3.08. The minimum absolute atomic E-state index is 0.361. The first-order chi connectivity index (χ1) is 12.2. The Morgan fingerprint density at radius 2 is 2.00 bits per heavy atom. The molecule has 130 valence electrons. The normalized spacial score (nSPS) is 10.7. The molecule has 0 unspecified atom stereocenters. The Morgan fingerprint density at radius 1 is 1.16 bits per heavy atom. The van der Waals surface area contributed by atoms with E-state index in [4.69, 9.17) is 9.47 Å². The highest BCUT2D eigenvalue weighted by atomic mass is 16.5. The highest BCUT2D eigenvalue weighted by Crippen LogP contribution is 2.33. The van der Waals surface area contributed by atoms with Crippen molar-refractivity contribution < 1.29 is 14.3 Å². The minimum atomic E-state index is 0.361. The second-order valence-corrected chi connectivity index (χ2v) is 5.55. The number of ether oxygens (including phenoxy) is 2. The van der Waals surface area contributed by atoms with E-state index in [9.17, 15) is 4.79 Å². The fourth-order valence-corrected chi connectivity index (χ4v) is 3.00. The van der Waals surface area contributed by atoms with E-state index in [1.165, 1.54) is 0 Å². The van der Waals surface area contributed by atoms with E-state index in [0.29, 0.717) is 18.0 Å². The SMILES string of the molecule is CCc1nc2ccccn2c1N(C=O)Cc1cccc(OC)c1OC. The van der Waals surface area contributed by atoms with Gasteiger partial charge in [0.1, 0.15) is 11.5 Å². The van der Waals surface area contributed by atoms with Crippen LogP contribution in [0.4, 0.5) is 5.82 Å². The number of methoxy groups -OCH3 is 2. The van der Waals surface area contributed by atoms with Crippen molar-refractivity contribution in [2.45, 2.75) is 19.9 Å². The Labute approximate surface area is 146 Å². The van der Waals surface area contributed by atoms with E-state index in [0.717, 1.165) is 35.6 Å². The standard InChI is InChI=1S/C19H21N3O3/c1-4-15-19(22-11-6-5-10-17(22)20-15)21(13-23)12-14-8-7-9-16(24-2)18(14)25-3/h5-11,13H,4,12H2,1-3H3. The first-order valence-electron chi connectivity index (χ1n) is 8.11. The van der Waals surface area contributed by atoms with Gasteiger partial charge < -0.3 is 9.47 Å². The minimum Gasteiger partial charge on any atom is -0.493 e. The molecule has 3 rings (SSSR count). The number of para-hydroxylation sites is 1. The van der Waals surface area contributed by atoms with Crippen molar-refractivity contribution in [3.05, 3.63) is 53.9 Å². The van der Waals surface area contributed by atoms with Gasteiger partial charge in [-0.3, -0.25) is 14.1 Å². The smallest absolute Gasteiger partial charge is 0.215 e. The van der Waals surface area contributed by atoms with Crippen LogP contribution in [0.15, 0.2) is 42.6 Å². The Kier molecular flexibility index (Phi) is 4.88. The van der Waals surface area contributed by atoms with E-state index in [1.807, 2.05) is 53.9 Å². The zero-order valence-electron chi connectivity index (χ0n) is 14.6. The molecule has 0 aliphatic carbocycles. The van der Waals surface area contributed by atoms with Gasteiger partial charge in [-0.15, -0.1) is 0 Å². The van der Waals surface area contributed by atoms with Crippen molar-refractivity contribution in [3.8, 4) is 11.5 Å². The molecule has 0 saturated heterocycles. The molecular formula is C19H21N3O3. The number of benzene rings is 1. The molecule has 0 N–H and O–H groups in total. The molecule has 0 spiro atoms. The zero-order chi connectivity index (χ0) is 17.8. The molecule has 0 atom stereocenters. The summed E-state index contributed by atoms with van der Waals surface area (Å²) in [6.07, 6.45) is 3.47. The number of amides is 1. The van der Waals surface area contributed by atoms with Crippen molar-refractivity contribution in [1.29, 1.82) is 0 Å². The Morgan fingerprint density at radius 3 is 2.68 bits per heavy atom. The van der Waals surface area contributed by atoms with Crippen LogP contribution in [0.1, 0.15) is 18.2 Å². The summed E-state index contributed by atoms with van der Waals surface area (Å²) in [6.45, 7) is 2.39. The lowest BCUT2D eigenvalue weighted by molar-refractivity contribution is -0.107. The van der Waals surface area contributed by atoms with E-state index in [2.05, 4.69) is 4.98 Å². The molecule has 0 fully saturated rings. The third kappa shape index (κ3) is 3.03. The topological polar surface area (TPSA) is 56.1 Å². The zero-order valence-corrected chi connectivity index (χ0v) is 14.6. The largest absolute Gasteiger partial charge is 0.493 e. The summed E-state index contributed by atoms with van der Waals surface area (Å²) in [7, 11) is 3.19. The third-order valence-corrected chi connectivity index (χ3v) is 4.13. The molecule has 2 heterocycles. The average molecular weight is 339 g/mol. The lowest BCUT2D eigenvalue weighted by Crippen LogP contribution is -2.23. The van der Waals surface area contributed by atoms with Crippen molar-refractivity contribution in [2.24, 2.45) is 0 Å². The maximum atomic E-state index is 11.9. The van der Waals surface area contributed by atoms with E-state index < -0.39 is 0 Å². The number of anilines is 1. The maximum Gasteiger partial charge on any atom is 0.215 e. The summed E-state index contributed by atoms with van der Waals surface area (Å²) >= 11 is 0. The average Bonchev–Trinajstić information content (AvgIpc) is 3.04. The molecule has 0 bridgehead atoms. The van der Waals surface area contributed by atoms with Gasteiger partial charge in [-0.2, -0.15) is 0 Å². The van der Waals surface area contributed by atoms with Crippen molar-refractivity contribution in [3.63, 3.8) is 0 Å². The van der Waals surface area contributed by atoms with Gasteiger partial charge in [-0.25, -0.2) is 4.98 Å². The molecule has 0 radical (unpaired) electrons. The fourth-order valence-electron chi connectivity index (χ4n) is 3.00. The van der Waals surface area contributed by atoms with Gasteiger partial charge in [0, 0.05) is 11.8 Å². The number of hydrogen-bond donors (Lipinski definition) is 0. The first-order valence-corrected chi connectivity index (χ1v) is 8.11. The number of hydrogen-bond acceptors (Lipinski definition) is 4. The second-order valence-electron chi connectivity index (χ2n) is 5.55. The Balaban J connectivity index is 2.07. The van der Waals surface area contributed by atoms with Crippen LogP contribution in [0.3, 0.4) is 0 Å². The van der Waals surface area contributed by atoms with Crippen LogP contribution < -0.4 is 14.4 Å². The van der Waals surface area contributed by atoms with Crippen LogP contribution >= 0.6 is 0 Å². The number of carbonyl (C=O) groups is 1. The summed E-state index contributed by atoms with van der Waals surface area (Å²) in [5.74, 6) is 2.04. The van der Waals surface area contributed by atoms with Crippen molar-refractivity contribution in [2.75, 3.05) is 19.1 Å². The maximum absolute atomic E-state index is 11.9. The molecule has 3 aromatic rings. The number of carbonyl (C=O) groups excluding carboxylic acids is 1. The van der Waals surface area contributed by atoms with Crippen LogP contribution in [0.25, 0.3) is 5.65 Å². The van der Waals surface area contributed by atoms with Gasteiger partial charge in [0.05, 0.1) is 26.5 Å². The predicted molar refractivity (Wildman–Crippen MR) is 96.4 cm³/mol. The molecule has 6 heteroatoms. The van der Waals surface area contributed by atoms with Crippen LogP contribution in [-0.4, -0.2) is 30.0 Å². The van der Waals surface area contributed by atoms with Crippen LogP contribution in [-0.2, 0) is 17.8 Å². The highest BCUT2D eigenvalue weighted by Gasteiger charge is 2.20. The van der Waals surface area contributed by atoms with Gasteiger partial charge in [0.25, 0.3) is 0 Å². The number of fused-ring (bicyclic) bond motifs is 1. The Hall–Kier alpha value is -3.02. The number of rotatable bonds is 7. The van der Waals surface area contributed by atoms with Gasteiger partial charge >= 0.3 is 0 Å². The number of imidazole rings is 1. The van der Waals surface area contributed by atoms with Crippen molar-refractivity contribution in [1.82, 2.24) is 9.38 Å². The summed E-state index contributed by atoms with van der Waals surface area (Å²) in [6, 6.07) is 11.4. The van der Waals surface area contributed by atoms with E-state index >= 15 is 0 Å².